The van der Waals surface area contributed by atoms with Crippen LogP contribution in [0.5, 0.6) is 0 Å². The van der Waals surface area contributed by atoms with Gasteiger partial charge in [-0.15, -0.1) is 11.8 Å². The second kappa shape index (κ2) is 4.23. The average Bonchev–Trinajstić information content (AvgIpc) is 2.27. The third kappa shape index (κ3) is 2.00. The zero-order chi connectivity index (χ0) is 10.8. The minimum Gasteiger partial charge on any atom is -0.384 e. The molecular weight excluding hydrogens is 206 g/mol. The number of rotatable bonds is 2. The van der Waals surface area contributed by atoms with E-state index in [0.29, 0.717) is 0 Å². The lowest BCUT2D eigenvalue weighted by Gasteiger charge is -2.17. The summed E-state index contributed by atoms with van der Waals surface area (Å²) in [5.74, 6) is 0.125. The summed E-state index contributed by atoms with van der Waals surface area (Å²) in [5, 5.41) is 8.41. The lowest BCUT2D eigenvalue weighted by Crippen LogP contribution is -2.16. The Bertz CT molecular complexity index is 401. The third-order valence-corrected chi connectivity index (χ3v) is 3.45. The molecular formula is C11H15N3S. The molecule has 1 aliphatic rings. The summed E-state index contributed by atoms with van der Waals surface area (Å²) in [6.07, 6.45) is 6.58. The van der Waals surface area contributed by atoms with Crippen molar-refractivity contribution in [3.05, 3.63) is 22.9 Å². The molecule has 0 bridgehead atoms. The number of nitrogen functional groups attached to an aromatic ring is 1. The maximum absolute atomic E-state index is 7.52. The van der Waals surface area contributed by atoms with Crippen LogP contribution in [0.4, 0.5) is 0 Å². The monoisotopic (exact) mass is 221 g/mol. The van der Waals surface area contributed by atoms with E-state index in [1.807, 2.05) is 6.26 Å². The molecule has 3 nitrogen and oxygen atoms in total. The predicted molar refractivity (Wildman–Crippen MR) is 63.7 cm³/mol. The zero-order valence-corrected chi connectivity index (χ0v) is 9.66. The van der Waals surface area contributed by atoms with E-state index < -0.39 is 0 Å². The highest BCUT2D eigenvalue weighted by Crippen LogP contribution is 2.26. The molecule has 0 aromatic carbocycles. The van der Waals surface area contributed by atoms with Gasteiger partial charge < -0.3 is 5.73 Å². The molecule has 1 aromatic heterocycles. The number of nitrogens with zero attached hydrogens (tertiary/aromatic N) is 1. The molecule has 0 unspecified atom stereocenters. The highest BCUT2D eigenvalue weighted by Gasteiger charge is 2.15. The summed E-state index contributed by atoms with van der Waals surface area (Å²) in [6, 6.07) is 2.05. The summed E-state index contributed by atoms with van der Waals surface area (Å²) < 4.78 is 0. The molecule has 0 aliphatic heterocycles. The van der Waals surface area contributed by atoms with Crippen LogP contribution in [-0.2, 0) is 12.8 Å². The number of nitrogens with one attached hydrogen (secondary N) is 1. The maximum Gasteiger partial charge on any atom is 0.125 e. The maximum atomic E-state index is 7.52. The Morgan fingerprint density at radius 3 is 2.87 bits per heavy atom. The quantitative estimate of drug-likeness (QED) is 0.456. The number of fused-ring (bicyclic) bond motifs is 1. The van der Waals surface area contributed by atoms with Gasteiger partial charge >= 0.3 is 0 Å². The Hall–Kier alpha value is -1.03. The van der Waals surface area contributed by atoms with E-state index >= 15 is 0 Å². The molecule has 0 atom stereocenters. The Balaban J connectivity index is 2.51. The van der Waals surface area contributed by atoms with Crippen molar-refractivity contribution in [2.24, 2.45) is 5.73 Å². The van der Waals surface area contributed by atoms with E-state index in [0.717, 1.165) is 23.4 Å². The van der Waals surface area contributed by atoms with Crippen molar-refractivity contribution in [2.75, 3.05) is 6.26 Å². The average molecular weight is 221 g/mol. The molecule has 1 heterocycles. The summed E-state index contributed by atoms with van der Waals surface area (Å²) >= 11 is 1.56. The van der Waals surface area contributed by atoms with Crippen LogP contribution in [-0.4, -0.2) is 17.1 Å². The van der Waals surface area contributed by atoms with Gasteiger partial charge in [0.25, 0.3) is 0 Å². The molecule has 2 rings (SSSR count). The van der Waals surface area contributed by atoms with Gasteiger partial charge in [0, 0.05) is 11.3 Å². The smallest absolute Gasteiger partial charge is 0.125 e. The number of nitrogens with two attached hydrogens (primary N) is 1. The van der Waals surface area contributed by atoms with Crippen LogP contribution in [0.1, 0.15) is 29.7 Å². The predicted octanol–water partition coefficient (Wildman–Crippen LogP) is 1.97. The molecule has 1 aromatic rings. The van der Waals surface area contributed by atoms with Crippen molar-refractivity contribution in [2.45, 2.75) is 30.7 Å². The van der Waals surface area contributed by atoms with Gasteiger partial charge in [-0.25, -0.2) is 4.98 Å². The molecule has 0 saturated carbocycles. The summed E-state index contributed by atoms with van der Waals surface area (Å²) in [6.45, 7) is 0. The van der Waals surface area contributed by atoms with Crippen LogP contribution in [0.3, 0.4) is 0 Å². The normalized spacial score (nSPS) is 14.7. The molecule has 0 fully saturated rings. The van der Waals surface area contributed by atoms with Gasteiger partial charge in [-0.3, -0.25) is 5.41 Å². The summed E-state index contributed by atoms with van der Waals surface area (Å²) in [7, 11) is 0. The lowest BCUT2D eigenvalue weighted by atomic mass is 9.95. The Morgan fingerprint density at radius 1 is 1.47 bits per heavy atom. The number of aromatic nitrogens is 1. The van der Waals surface area contributed by atoms with E-state index in [2.05, 4.69) is 11.1 Å². The van der Waals surface area contributed by atoms with Crippen molar-refractivity contribution in [3.63, 3.8) is 0 Å². The van der Waals surface area contributed by atoms with Gasteiger partial charge in [0.2, 0.25) is 0 Å². The minimum atomic E-state index is 0.125. The van der Waals surface area contributed by atoms with Gasteiger partial charge in [-0.05, 0) is 43.6 Å². The fourth-order valence-corrected chi connectivity index (χ4v) is 2.55. The van der Waals surface area contributed by atoms with Crippen LogP contribution in [0.25, 0.3) is 0 Å². The highest BCUT2D eigenvalue weighted by atomic mass is 32.2. The summed E-state index contributed by atoms with van der Waals surface area (Å²) in [4.78, 5) is 4.60. The molecule has 3 N–H and O–H groups in total. The molecule has 4 heteroatoms. The Labute approximate surface area is 94.0 Å². The van der Waals surface area contributed by atoms with Crippen molar-refractivity contribution in [1.82, 2.24) is 4.98 Å². The van der Waals surface area contributed by atoms with Crippen LogP contribution in [0, 0.1) is 5.41 Å². The zero-order valence-electron chi connectivity index (χ0n) is 8.84. The molecule has 0 radical (unpaired) electrons. The second-order valence-electron chi connectivity index (χ2n) is 3.77. The van der Waals surface area contributed by atoms with Crippen LogP contribution in [0.15, 0.2) is 11.1 Å². The fourth-order valence-electron chi connectivity index (χ4n) is 1.96. The molecule has 0 spiro atoms. The molecule has 0 amide bonds. The molecule has 1 aliphatic carbocycles. The fraction of sp³-hybridized carbons (Fsp3) is 0.455. The van der Waals surface area contributed by atoms with E-state index in [1.165, 1.54) is 24.1 Å². The third-order valence-electron chi connectivity index (χ3n) is 2.75. The van der Waals surface area contributed by atoms with Gasteiger partial charge in [0.1, 0.15) is 10.9 Å². The van der Waals surface area contributed by atoms with Crippen LogP contribution in [0.2, 0.25) is 0 Å². The van der Waals surface area contributed by atoms with Crippen molar-refractivity contribution in [3.8, 4) is 0 Å². The largest absolute Gasteiger partial charge is 0.384 e. The second-order valence-corrected chi connectivity index (χ2v) is 4.57. The minimum absolute atomic E-state index is 0.125. The first kappa shape index (κ1) is 10.5. The summed E-state index contributed by atoms with van der Waals surface area (Å²) in [5.41, 5.74) is 8.83. The van der Waals surface area contributed by atoms with Gasteiger partial charge in [-0.1, -0.05) is 0 Å². The molecule has 0 saturated heterocycles. The van der Waals surface area contributed by atoms with Crippen molar-refractivity contribution < 1.29 is 0 Å². The lowest BCUT2D eigenvalue weighted by molar-refractivity contribution is 0.660. The van der Waals surface area contributed by atoms with Gasteiger partial charge in [0.15, 0.2) is 0 Å². The molecule has 80 valence electrons. The van der Waals surface area contributed by atoms with Crippen LogP contribution >= 0.6 is 11.8 Å². The number of thioether (sulfide) groups is 1. The van der Waals surface area contributed by atoms with Gasteiger partial charge in [-0.2, -0.15) is 0 Å². The first-order valence-electron chi connectivity index (χ1n) is 5.13. The van der Waals surface area contributed by atoms with E-state index in [1.54, 1.807) is 11.8 Å². The van der Waals surface area contributed by atoms with Crippen molar-refractivity contribution >= 4 is 17.6 Å². The Morgan fingerprint density at radius 2 is 2.20 bits per heavy atom. The standard InChI is InChI=1S/C11H15N3S/c1-15-11-8(10(12)13)6-7-4-2-3-5-9(7)14-11/h6H,2-5H2,1H3,(H3,12,13). The number of hydrogen-bond donors (Lipinski definition) is 2. The number of amidine groups is 1. The first-order chi connectivity index (χ1) is 7.22. The topological polar surface area (TPSA) is 62.8 Å². The van der Waals surface area contributed by atoms with Gasteiger partial charge in [0.05, 0.1) is 0 Å². The van der Waals surface area contributed by atoms with Crippen LogP contribution < -0.4 is 5.73 Å². The van der Waals surface area contributed by atoms with E-state index in [4.69, 9.17) is 11.1 Å². The Kier molecular flexibility index (Phi) is 2.95. The number of aryl methyl sites for hydroxylation is 2. The van der Waals surface area contributed by atoms with Crippen molar-refractivity contribution in [1.29, 1.82) is 5.41 Å². The highest BCUT2D eigenvalue weighted by molar-refractivity contribution is 7.98. The van der Waals surface area contributed by atoms with E-state index in [9.17, 15) is 0 Å². The SMILES string of the molecule is CSc1nc2c(cc1C(=N)N)CCCC2. The van der Waals surface area contributed by atoms with E-state index in [-0.39, 0.29) is 5.84 Å². The number of pyridine rings is 1. The molecule has 15 heavy (non-hydrogen) atoms. The first-order valence-corrected chi connectivity index (χ1v) is 6.36. The number of hydrogen-bond acceptors (Lipinski definition) is 3.